The number of esters is 2. The first-order chi connectivity index (χ1) is 11.8. The third-order valence-corrected chi connectivity index (χ3v) is 4.57. The quantitative estimate of drug-likeness (QED) is 0.398. The Hall–Kier alpha value is -3.02. The molecule has 0 heterocycles. The Labute approximate surface area is 140 Å². The second-order valence-electron chi connectivity index (χ2n) is 6.07. The molecule has 4 atom stereocenters. The summed E-state index contributed by atoms with van der Waals surface area (Å²) < 4.78 is 4.67. The summed E-state index contributed by atoms with van der Waals surface area (Å²) in [6.07, 6.45) is -0.684. The van der Waals surface area contributed by atoms with Gasteiger partial charge in [0.25, 0.3) is 0 Å². The van der Waals surface area contributed by atoms with Crippen molar-refractivity contribution in [1.82, 2.24) is 0 Å². The van der Waals surface area contributed by atoms with E-state index in [1.165, 1.54) is 0 Å². The maximum atomic E-state index is 12.1. The van der Waals surface area contributed by atoms with Crippen LogP contribution in [0.4, 0.5) is 0 Å². The van der Waals surface area contributed by atoms with Gasteiger partial charge in [-0.15, -0.1) is 0 Å². The van der Waals surface area contributed by atoms with Gasteiger partial charge >= 0.3 is 23.9 Å². The van der Waals surface area contributed by atoms with E-state index in [9.17, 15) is 28.8 Å². The number of carbonyl (C=O) groups excluding carboxylic acids is 4. The predicted molar refractivity (Wildman–Crippen MR) is 77.2 cm³/mol. The van der Waals surface area contributed by atoms with Crippen LogP contribution in [0.15, 0.2) is 11.1 Å². The second kappa shape index (κ2) is 7.25. The van der Waals surface area contributed by atoms with Crippen LogP contribution in [0.2, 0.25) is 0 Å². The minimum absolute atomic E-state index is 0.109. The molecule has 25 heavy (non-hydrogen) atoms. The van der Waals surface area contributed by atoms with Crippen LogP contribution < -0.4 is 0 Å². The molecular formula is C16H14O9. The number of carboxylic acids is 2. The summed E-state index contributed by atoms with van der Waals surface area (Å²) in [4.78, 5) is 68.0. The Balaban J connectivity index is 2.12. The van der Waals surface area contributed by atoms with Crippen molar-refractivity contribution in [3.05, 3.63) is 11.1 Å². The predicted octanol–water partition coefficient (Wildman–Crippen LogP) is -0.206. The largest absolute Gasteiger partial charge is 0.481 e. The van der Waals surface area contributed by atoms with Crippen LogP contribution >= 0.6 is 0 Å². The van der Waals surface area contributed by atoms with E-state index in [1.807, 2.05) is 0 Å². The molecule has 2 fully saturated rings. The van der Waals surface area contributed by atoms with Gasteiger partial charge in [0.05, 0.1) is 23.7 Å². The van der Waals surface area contributed by atoms with Crippen LogP contribution in [-0.2, 0) is 33.5 Å². The average molecular weight is 350 g/mol. The van der Waals surface area contributed by atoms with Crippen molar-refractivity contribution in [1.29, 1.82) is 0 Å². The smallest absolute Gasteiger partial charge is 0.317 e. The van der Waals surface area contributed by atoms with Gasteiger partial charge in [0.1, 0.15) is 11.9 Å². The number of hydrogen-bond donors (Lipinski definition) is 2. The zero-order valence-corrected chi connectivity index (χ0v) is 12.9. The zero-order valence-electron chi connectivity index (χ0n) is 12.9. The van der Waals surface area contributed by atoms with E-state index in [4.69, 9.17) is 10.2 Å². The molecule has 0 saturated heterocycles. The van der Waals surface area contributed by atoms with E-state index in [-0.39, 0.29) is 36.8 Å². The van der Waals surface area contributed by atoms with Gasteiger partial charge in [-0.2, -0.15) is 0 Å². The van der Waals surface area contributed by atoms with Gasteiger partial charge in [0, 0.05) is 11.1 Å². The van der Waals surface area contributed by atoms with E-state index in [0.29, 0.717) is 0 Å². The Morgan fingerprint density at radius 3 is 1.32 bits per heavy atom. The van der Waals surface area contributed by atoms with Gasteiger partial charge < -0.3 is 14.9 Å². The fraction of sp³-hybridized carbons (Fsp3) is 0.500. The van der Waals surface area contributed by atoms with E-state index in [0.717, 1.165) is 0 Å². The summed E-state index contributed by atoms with van der Waals surface area (Å²) in [6.45, 7) is 0. The highest BCUT2D eigenvalue weighted by atomic mass is 16.6. The normalized spacial score (nSPS) is 28.2. The fourth-order valence-corrected chi connectivity index (χ4v) is 3.23. The van der Waals surface area contributed by atoms with Gasteiger partial charge in [-0.1, -0.05) is 0 Å². The summed E-state index contributed by atoms with van der Waals surface area (Å²) >= 11 is 0. The molecule has 0 aromatic rings. The van der Waals surface area contributed by atoms with Gasteiger partial charge in [-0.25, -0.2) is 9.59 Å². The van der Waals surface area contributed by atoms with Crippen LogP contribution in [0.5, 0.6) is 0 Å². The molecule has 2 aliphatic carbocycles. The summed E-state index contributed by atoms with van der Waals surface area (Å²) in [6, 6.07) is 0. The van der Waals surface area contributed by atoms with E-state index >= 15 is 0 Å². The standard InChI is InChI=1S/C16H14O9/c17-5-7-1-9(13(19)20)11(3-7)15(23)25-16(24)12-4-8(6-18)2-10(12)14(21)22/h9-12H,1-4H2,(H,19,20)(H,21,22). The zero-order chi connectivity index (χ0) is 18.7. The van der Waals surface area contributed by atoms with E-state index < -0.39 is 47.5 Å². The molecule has 9 heteroatoms. The molecule has 0 radical (unpaired) electrons. The topological polar surface area (TPSA) is 152 Å². The monoisotopic (exact) mass is 350 g/mol. The minimum atomic E-state index is -1.31. The highest BCUT2D eigenvalue weighted by Gasteiger charge is 2.46. The molecule has 0 spiro atoms. The molecule has 0 aliphatic heterocycles. The number of ether oxygens (including phenoxy) is 1. The summed E-state index contributed by atoms with van der Waals surface area (Å²) in [5.74, 6) is -6.60. The van der Waals surface area contributed by atoms with Crippen LogP contribution in [0.25, 0.3) is 0 Å². The number of aliphatic carboxylic acids is 2. The molecule has 0 bridgehead atoms. The van der Waals surface area contributed by atoms with Gasteiger partial charge in [0.15, 0.2) is 0 Å². The van der Waals surface area contributed by atoms with Crippen molar-refractivity contribution in [2.75, 3.05) is 0 Å². The Morgan fingerprint density at radius 1 is 0.720 bits per heavy atom. The lowest BCUT2D eigenvalue weighted by atomic mass is 9.95. The van der Waals surface area contributed by atoms with Gasteiger partial charge in [0.2, 0.25) is 0 Å². The van der Waals surface area contributed by atoms with E-state index in [1.54, 1.807) is 11.9 Å². The number of carbonyl (C=O) groups is 4. The third-order valence-electron chi connectivity index (χ3n) is 4.57. The molecule has 0 aromatic carbocycles. The van der Waals surface area contributed by atoms with Crippen molar-refractivity contribution in [3.63, 3.8) is 0 Å². The van der Waals surface area contributed by atoms with Crippen molar-refractivity contribution in [2.45, 2.75) is 25.7 Å². The molecule has 2 rings (SSSR count). The fourth-order valence-electron chi connectivity index (χ4n) is 3.23. The maximum absolute atomic E-state index is 12.1. The van der Waals surface area contributed by atoms with Gasteiger partial charge in [-0.05, 0) is 25.7 Å². The first-order valence-corrected chi connectivity index (χ1v) is 7.45. The molecule has 2 N–H and O–H groups in total. The average Bonchev–Trinajstić information content (AvgIpc) is 3.18. The Kier molecular flexibility index (Phi) is 5.32. The first kappa shape index (κ1) is 18.3. The van der Waals surface area contributed by atoms with E-state index in [2.05, 4.69) is 4.74 Å². The van der Waals surface area contributed by atoms with Crippen LogP contribution in [0, 0.1) is 23.7 Å². The summed E-state index contributed by atoms with van der Waals surface area (Å²) in [7, 11) is 0. The van der Waals surface area contributed by atoms with Crippen LogP contribution in [0.1, 0.15) is 25.7 Å². The van der Waals surface area contributed by atoms with Gasteiger partial charge in [-0.3, -0.25) is 19.2 Å². The number of allylic oxidation sites excluding steroid dienone is 2. The molecule has 2 aliphatic rings. The summed E-state index contributed by atoms with van der Waals surface area (Å²) in [5, 5.41) is 18.2. The molecule has 9 nitrogen and oxygen atoms in total. The Bertz CT molecular complexity index is 675. The van der Waals surface area contributed by atoms with Crippen molar-refractivity contribution >= 4 is 35.8 Å². The lowest BCUT2D eigenvalue weighted by Gasteiger charge is -2.17. The SMILES string of the molecule is O=C=C1CC(C(=O)O)C(C(=O)OC(=O)C2CC(=C=O)CC2C(=O)O)C1. The summed E-state index contributed by atoms with van der Waals surface area (Å²) in [5.41, 5.74) is 0.217. The molecule has 132 valence electrons. The maximum Gasteiger partial charge on any atom is 0.317 e. The van der Waals surface area contributed by atoms with Crippen molar-refractivity contribution in [3.8, 4) is 0 Å². The molecule has 4 unspecified atom stereocenters. The number of carboxylic acid groups (broad SMARTS) is 2. The van der Waals surface area contributed by atoms with Crippen molar-refractivity contribution in [2.24, 2.45) is 23.7 Å². The lowest BCUT2D eigenvalue weighted by molar-refractivity contribution is -0.171. The van der Waals surface area contributed by atoms with Crippen molar-refractivity contribution < 1.29 is 43.7 Å². The second-order valence-corrected chi connectivity index (χ2v) is 6.07. The molecular weight excluding hydrogens is 336 g/mol. The number of hydrogen-bond acceptors (Lipinski definition) is 7. The Morgan fingerprint density at radius 2 is 1.04 bits per heavy atom. The highest BCUT2D eigenvalue weighted by Crippen LogP contribution is 2.38. The minimum Gasteiger partial charge on any atom is -0.481 e. The first-order valence-electron chi connectivity index (χ1n) is 7.45. The lowest BCUT2D eigenvalue weighted by Crippen LogP contribution is -2.33. The molecule has 2 saturated carbocycles. The highest BCUT2D eigenvalue weighted by molar-refractivity contribution is 5.93. The molecule has 0 amide bonds. The third kappa shape index (κ3) is 3.74. The van der Waals surface area contributed by atoms with Crippen LogP contribution in [-0.4, -0.2) is 46.0 Å². The molecule has 0 aromatic heterocycles. The number of rotatable bonds is 4. The van der Waals surface area contributed by atoms with Crippen LogP contribution in [0.3, 0.4) is 0 Å².